The average molecular weight is 334 g/mol. The zero-order valence-electron chi connectivity index (χ0n) is 12.8. The van der Waals surface area contributed by atoms with Crippen LogP contribution in [0.3, 0.4) is 0 Å². The van der Waals surface area contributed by atoms with Crippen molar-refractivity contribution < 1.29 is 28.8 Å². The molecule has 3 aliphatic rings. The Balaban J connectivity index is 2.15. The Morgan fingerprint density at radius 1 is 0.520 bits per heavy atom. The maximum Gasteiger partial charge on any atom is 0.273 e. The van der Waals surface area contributed by atoms with Crippen molar-refractivity contribution in [2.24, 2.45) is 0 Å². The Bertz CT molecular complexity index is 960. The Hall–Kier alpha value is -3.54. The Kier molecular flexibility index (Phi) is 4.02. The summed E-state index contributed by atoms with van der Waals surface area (Å²) in [7, 11) is 0. The molecule has 0 aromatic carbocycles. The van der Waals surface area contributed by atoms with Gasteiger partial charge in [0.25, 0.3) is 11.6 Å². The molecule has 1 fully saturated rings. The van der Waals surface area contributed by atoms with Crippen LogP contribution in [0.25, 0.3) is 0 Å². The first kappa shape index (κ1) is 16.3. The molecule has 0 aromatic rings. The van der Waals surface area contributed by atoms with E-state index in [0.29, 0.717) is 0 Å². The van der Waals surface area contributed by atoms with Crippen molar-refractivity contribution in [2.45, 2.75) is 6.42 Å². The van der Waals surface area contributed by atoms with Gasteiger partial charge in [-0.1, -0.05) is 42.5 Å². The molecule has 3 rings (SSSR count). The second-order valence-corrected chi connectivity index (χ2v) is 5.50. The summed E-state index contributed by atoms with van der Waals surface area (Å²) in [6.45, 7) is 0. The number of fused-ring (bicyclic) bond motifs is 3. The average Bonchev–Trinajstić information content (AvgIpc) is 2.61. The fraction of sp³-hybridized carbons (Fsp3) is 0.0526. The summed E-state index contributed by atoms with van der Waals surface area (Å²) in [5.74, 6) is -5.84. The van der Waals surface area contributed by atoms with E-state index in [0.717, 1.165) is 0 Å². The molecule has 0 spiro atoms. The lowest BCUT2D eigenvalue weighted by Gasteiger charge is -2.13. The summed E-state index contributed by atoms with van der Waals surface area (Å²) in [6, 6.07) is 0. The van der Waals surface area contributed by atoms with Crippen LogP contribution in [0, 0.1) is 0 Å². The van der Waals surface area contributed by atoms with Crippen LogP contribution >= 0.6 is 0 Å². The maximum absolute atomic E-state index is 11.9. The summed E-state index contributed by atoms with van der Waals surface area (Å²) in [5, 5.41) is 0. The molecule has 6 nitrogen and oxygen atoms in total. The third kappa shape index (κ3) is 2.85. The first-order valence-corrected chi connectivity index (χ1v) is 7.33. The Morgan fingerprint density at radius 2 is 1.04 bits per heavy atom. The second-order valence-electron chi connectivity index (χ2n) is 5.50. The molecule has 0 aromatic heterocycles. The van der Waals surface area contributed by atoms with Gasteiger partial charge in [-0.3, -0.25) is 28.8 Å². The van der Waals surface area contributed by atoms with Crippen LogP contribution in [0.15, 0.2) is 70.9 Å². The molecule has 0 saturated heterocycles. The number of hydrogen-bond acceptors (Lipinski definition) is 6. The van der Waals surface area contributed by atoms with E-state index in [2.05, 4.69) is 0 Å². The lowest BCUT2D eigenvalue weighted by atomic mass is 9.86. The van der Waals surface area contributed by atoms with E-state index in [-0.39, 0.29) is 28.7 Å². The topological polar surface area (TPSA) is 102 Å². The molecule has 3 aliphatic carbocycles. The van der Waals surface area contributed by atoms with E-state index >= 15 is 0 Å². The lowest BCUT2D eigenvalue weighted by Crippen LogP contribution is -2.32. The summed E-state index contributed by atoms with van der Waals surface area (Å²) in [4.78, 5) is 71.0. The standard InChI is InChI=1S/C19H10O6/c20-14-10-4-1-2-5-11-9-13(17(23)19(25)15(11)21)7-3-6-12(8-10)16(22)18(14)24/h1-8H,9H2/b2-1-,6-3-,10-4+,11-5+,13-7+. The second kappa shape index (κ2) is 6.16. The van der Waals surface area contributed by atoms with Gasteiger partial charge in [-0.15, -0.1) is 0 Å². The van der Waals surface area contributed by atoms with E-state index in [1.165, 1.54) is 48.6 Å². The van der Waals surface area contributed by atoms with Gasteiger partial charge >= 0.3 is 0 Å². The maximum atomic E-state index is 11.9. The molecule has 0 aliphatic heterocycles. The molecule has 0 N–H and O–H groups in total. The lowest BCUT2D eigenvalue weighted by molar-refractivity contribution is -0.142. The summed E-state index contributed by atoms with van der Waals surface area (Å²) >= 11 is 0. The first-order chi connectivity index (χ1) is 11.9. The fourth-order valence-corrected chi connectivity index (χ4v) is 2.54. The molecular formula is C19H10O6. The summed E-state index contributed by atoms with van der Waals surface area (Å²) < 4.78 is 0. The van der Waals surface area contributed by atoms with Gasteiger partial charge < -0.3 is 0 Å². The number of hydrogen-bond donors (Lipinski definition) is 0. The molecule has 6 heteroatoms. The molecule has 0 heterocycles. The predicted molar refractivity (Wildman–Crippen MR) is 85.3 cm³/mol. The van der Waals surface area contributed by atoms with Gasteiger partial charge in [0, 0.05) is 28.7 Å². The normalized spacial score (nSPS) is 29.8. The van der Waals surface area contributed by atoms with Gasteiger partial charge in [0.1, 0.15) is 0 Å². The minimum Gasteiger partial charge on any atom is -0.285 e. The van der Waals surface area contributed by atoms with Crippen LogP contribution < -0.4 is 0 Å². The summed E-state index contributed by atoms with van der Waals surface area (Å²) in [5.41, 5.74) is 0.293. The van der Waals surface area contributed by atoms with Crippen LogP contribution in [0.1, 0.15) is 6.42 Å². The van der Waals surface area contributed by atoms with Crippen molar-refractivity contribution in [3.8, 4) is 0 Å². The van der Waals surface area contributed by atoms with Gasteiger partial charge in [0.2, 0.25) is 23.1 Å². The number of ketones is 6. The Labute approximate surface area is 141 Å². The van der Waals surface area contributed by atoms with E-state index in [1.807, 2.05) is 0 Å². The van der Waals surface area contributed by atoms with Crippen LogP contribution in [0.4, 0.5) is 0 Å². The van der Waals surface area contributed by atoms with E-state index in [9.17, 15) is 28.8 Å². The third-order valence-corrected chi connectivity index (χ3v) is 3.88. The molecule has 122 valence electrons. The van der Waals surface area contributed by atoms with Crippen LogP contribution in [0.2, 0.25) is 0 Å². The highest BCUT2D eigenvalue weighted by Gasteiger charge is 2.34. The molecule has 0 amide bonds. The van der Waals surface area contributed by atoms with Gasteiger partial charge in [-0.05, 0) is 6.08 Å². The minimum atomic E-state index is -1.14. The molecule has 25 heavy (non-hydrogen) atoms. The molecular weight excluding hydrogens is 324 g/mol. The Morgan fingerprint density at radius 3 is 1.72 bits per heavy atom. The number of carbonyl (C=O) groups is 6. The van der Waals surface area contributed by atoms with Crippen LogP contribution in [0.5, 0.6) is 0 Å². The van der Waals surface area contributed by atoms with E-state index < -0.39 is 34.7 Å². The first-order valence-electron chi connectivity index (χ1n) is 7.33. The highest BCUT2D eigenvalue weighted by Crippen LogP contribution is 2.22. The van der Waals surface area contributed by atoms with Gasteiger partial charge in [-0.2, -0.15) is 0 Å². The monoisotopic (exact) mass is 334 g/mol. The highest BCUT2D eigenvalue weighted by molar-refractivity contribution is 6.72. The molecule has 0 atom stereocenters. The molecule has 0 unspecified atom stereocenters. The number of allylic oxidation sites excluding steroid dienone is 12. The number of carbonyl (C=O) groups excluding carboxylic acids is 6. The number of rotatable bonds is 0. The van der Waals surface area contributed by atoms with E-state index in [1.54, 1.807) is 0 Å². The van der Waals surface area contributed by atoms with Crippen molar-refractivity contribution in [1.29, 1.82) is 0 Å². The molecule has 1 saturated carbocycles. The van der Waals surface area contributed by atoms with Crippen LogP contribution in [-0.2, 0) is 28.8 Å². The molecule has 0 radical (unpaired) electrons. The third-order valence-electron chi connectivity index (χ3n) is 3.88. The smallest absolute Gasteiger partial charge is 0.273 e. The fourth-order valence-electron chi connectivity index (χ4n) is 2.54. The quantitative estimate of drug-likeness (QED) is 0.603. The van der Waals surface area contributed by atoms with Crippen molar-refractivity contribution in [3.05, 3.63) is 70.9 Å². The van der Waals surface area contributed by atoms with Gasteiger partial charge in [0.15, 0.2) is 0 Å². The van der Waals surface area contributed by atoms with Gasteiger partial charge in [-0.25, -0.2) is 0 Å². The van der Waals surface area contributed by atoms with Crippen molar-refractivity contribution >= 4 is 34.7 Å². The zero-order valence-corrected chi connectivity index (χ0v) is 12.8. The van der Waals surface area contributed by atoms with Crippen molar-refractivity contribution in [1.82, 2.24) is 0 Å². The zero-order chi connectivity index (χ0) is 18.1. The molecule has 4 bridgehead atoms. The van der Waals surface area contributed by atoms with Crippen molar-refractivity contribution in [2.75, 3.05) is 0 Å². The minimum absolute atomic E-state index is 0.000749. The van der Waals surface area contributed by atoms with Gasteiger partial charge in [0.05, 0.1) is 0 Å². The SMILES string of the molecule is O=C1C(=O)C2=CC(=C/C=C\C=C3/C/C(=C\C=C/2)C(=O)C(=O)C3=O)\C1=O. The number of Topliss-reactive ketones (excluding diaryl/α,β-unsaturated/α-hetero) is 6. The van der Waals surface area contributed by atoms with E-state index in [4.69, 9.17) is 0 Å². The largest absolute Gasteiger partial charge is 0.285 e. The van der Waals surface area contributed by atoms with Crippen LogP contribution in [-0.4, -0.2) is 34.7 Å². The highest BCUT2D eigenvalue weighted by atomic mass is 16.2. The van der Waals surface area contributed by atoms with Crippen molar-refractivity contribution in [3.63, 3.8) is 0 Å². The predicted octanol–water partition coefficient (Wildman–Crippen LogP) is 0.650. The summed E-state index contributed by atoms with van der Waals surface area (Å²) in [6.07, 6.45) is 10.8.